The molecule has 1 heterocycles. The van der Waals surface area contributed by atoms with Gasteiger partial charge >= 0.3 is 17.9 Å². The van der Waals surface area contributed by atoms with Gasteiger partial charge in [-0.2, -0.15) is 0 Å². The molecule has 0 saturated carbocycles. The second-order valence-electron chi connectivity index (χ2n) is 7.55. The van der Waals surface area contributed by atoms with Crippen molar-refractivity contribution in [2.45, 2.75) is 89.1 Å². The lowest BCUT2D eigenvalue weighted by atomic mass is 9.70. The maximum absolute atomic E-state index is 12.5. The van der Waals surface area contributed by atoms with E-state index in [4.69, 9.17) is 11.2 Å². The van der Waals surface area contributed by atoms with Crippen LogP contribution in [0.2, 0.25) is 0 Å². The third kappa shape index (κ3) is 5.49. The maximum atomic E-state index is 12.5. The zero-order valence-corrected chi connectivity index (χ0v) is 17.9. The predicted molar refractivity (Wildman–Crippen MR) is 110 cm³/mol. The highest BCUT2D eigenvalue weighted by Crippen LogP contribution is 2.46. The molecule has 0 bridgehead atoms. The number of aliphatic carboxylic acids is 2. The van der Waals surface area contributed by atoms with Crippen LogP contribution in [0, 0.1) is 12.3 Å². The van der Waals surface area contributed by atoms with Crippen molar-refractivity contribution in [2.75, 3.05) is 13.2 Å². The average Bonchev–Trinajstić information content (AvgIpc) is 3.05. The van der Waals surface area contributed by atoms with E-state index in [0.29, 0.717) is 32.2 Å². The van der Waals surface area contributed by atoms with Crippen LogP contribution >= 0.6 is 0 Å². The number of esters is 1. The number of nitrogens with zero attached hydrogens (tertiary/aromatic N) is 3. The zero-order valence-electron chi connectivity index (χ0n) is 17.9. The van der Waals surface area contributed by atoms with Gasteiger partial charge in [0.1, 0.15) is 0 Å². The minimum atomic E-state index is -1.78. The topological polar surface area (TPSA) is 129 Å². The lowest BCUT2D eigenvalue weighted by Crippen LogP contribution is -2.66. The van der Waals surface area contributed by atoms with E-state index in [1.54, 1.807) is 0 Å². The molecule has 2 N–H and O–H groups in total. The SMILES string of the molecule is C#CC(=O)OCCCCCCN1N=NC(CCCC)(C(=O)O)C1(CCCC)C(=O)O. The average molecular weight is 424 g/mol. The van der Waals surface area contributed by atoms with Gasteiger partial charge in [-0.3, -0.25) is 5.01 Å². The zero-order chi connectivity index (χ0) is 22.6. The highest BCUT2D eigenvalue weighted by atomic mass is 16.5. The molecular weight excluding hydrogens is 390 g/mol. The van der Waals surface area contributed by atoms with Crippen LogP contribution in [0.1, 0.15) is 78.1 Å². The predicted octanol–water partition coefficient (Wildman–Crippen LogP) is 3.43. The molecule has 9 heteroatoms. The van der Waals surface area contributed by atoms with Gasteiger partial charge in [0.2, 0.25) is 5.54 Å². The van der Waals surface area contributed by atoms with Crippen LogP contribution in [0.3, 0.4) is 0 Å². The molecule has 0 aliphatic carbocycles. The highest BCUT2D eigenvalue weighted by molar-refractivity contribution is 5.93. The Morgan fingerprint density at radius 1 is 0.967 bits per heavy atom. The van der Waals surface area contributed by atoms with Gasteiger partial charge in [0, 0.05) is 12.5 Å². The summed E-state index contributed by atoms with van der Waals surface area (Å²) in [5.41, 5.74) is -3.47. The number of carboxylic acid groups (broad SMARTS) is 2. The van der Waals surface area contributed by atoms with E-state index in [0.717, 1.165) is 25.7 Å². The van der Waals surface area contributed by atoms with Gasteiger partial charge < -0.3 is 14.9 Å². The molecule has 1 aliphatic rings. The molecule has 168 valence electrons. The van der Waals surface area contributed by atoms with Crippen molar-refractivity contribution in [3.05, 3.63) is 0 Å². The molecule has 0 aromatic rings. The van der Waals surface area contributed by atoms with Crippen LogP contribution in [0.5, 0.6) is 0 Å². The Balaban J connectivity index is 2.87. The molecule has 2 atom stereocenters. The Labute approximate surface area is 177 Å². The Bertz CT molecular complexity index is 674. The van der Waals surface area contributed by atoms with Crippen LogP contribution in [-0.2, 0) is 19.1 Å². The lowest BCUT2D eigenvalue weighted by molar-refractivity contribution is -0.165. The molecule has 2 unspecified atom stereocenters. The van der Waals surface area contributed by atoms with Crippen molar-refractivity contribution in [3.8, 4) is 12.3 Å². The molecule has 0 saturated heterocycles. The van der Waals surface area contributed by atoms with E-state index in [2.05, 4.69) is 10.3 Å². The molecular formula is C21H33N3O6. The van der Waals surface area contributed by atoms with E-state index in [1.165, 1.54) is 5.01 Å². The van der Waals surface area contributed by atoms with Gasteiger partial charge in [-0.15, -0.1) is 11.5 Å². The number of hydrogen-bond donors (Lipinski definition) is 2. The largest absolute Gasteiger partial charge is 0.479 e. The van der Waals surface area contributed by atoms with Crippen LogP contribution in [0.25, 0.3) is 0 Å². The highest BCUT2D eigenvalue weighted by Gasteiger charge is 2.68. The van der Waals surface area contributed by atoms with Gasteiger partial charge in [-0.05, 0) is 32.1 Å². The minimum Gasteiger partial charge on any atom is -0.479 e. The Morgan fingerprint density at radius 3 is 2.17 bits per heavy atom. The van der Waals surface area contributed by atoms with Crippen LogP contribution in [0.15, 0.2) is 10.3 Å². The summed E-state index contributed by atoms with van der Waals surface area (Å²) < 4.78 is 4.81. The Kier molecular flexibility index (Phi) is 10.3. The summed E-state index contributed by atoms with van der Waals surface area (Å²) in [5, 5.41) is 29.7. The molecule has 1 rings (SSSR count). The fraction of sp³-hybridized carbons (Fsp3) is 0.762. The van der Waals surface area contributed by atoms with Crippen molar-refractivity contribution in [1.29, 1.82) is 0 Å². The van der Waals surface area contributed by atoms with Crippen LogP contribution in [0.4, 0.5) is 0 Å². The molecule has 0 aromatic heterocycles. The normalized spacial score (nSPS) is 22.6. The first-order valence-electron chi connectivity index (χ1n) is 10.6. The number of ether oxygens (including phenoxy) is 1. The first-order chi connectivity index (χ1) is 14.3. The summed E-state index contributed by atoms with van der Waals surface area (Å²) in [7, 11) is 0. The van der Waals surface area contributed by atoms with E-state index >= 15 is 0 Å². The standard InChI is InChI=1S/C21H33N3O6/c1-4-7-13-20(18(26)27)21(19(28)29,14-8-5-2)24(23-22-20)15-11-9-10-12-16-30-17(25)6-3/h3H,4-5,7-16H2,1-2H3,(H,26,27)(H,28,29). The Hall–Kier alpha value is -2.63. The van der Waals surface area contributed by atoms with E-state index in [1.807, 2.05) is 19.8 Å². The van der Waals surface area contributed by atoms with Crippen molar-refractivity contribution in [3.63, 3.8) is 0 Å². The maximum Gasteiger partial charge on any atom is 0.384 e. The third-order valence-corrected chi connectivity index (χ3v) is 5.56. The number of hydrogen-bond acceptors (Lipinski definition) is 7. The summed E-state index contributed by atoms with van der Waals surface area (Å²) in [6.45, 7) is 4.39. The van der Waals surface area contributed by atoms with Crippen LogP contribution in [-0.4, -0.2) is 57.4 Å². The molecule has 0 spiro atoms. The van der Waals surface area contributed by atoms with Crippen molar-refractivity contribution >= 4 is 17.9 Å². The number of terminal acetylenes is 1. The van der Waals surface area contributed by atoms with E-state index in [-0.39, 0.29) is 19.4 Å². The van der Waals surface area contributed by atoms with E-state index in [9.17, 15) is 24.6 Å². The number of carbonyl (C=O) groups excluding carboxylic acids is 1. The second kappa shape index (κ2) is 12.2. The fourth-order valence-corrected chi connectivity index (χ4v) is 3.84. The van der Waals surface area contributed by atoms with Gasteiger partial charge in [0.25, 0.3) is 0 Å². The molecule has 30 heavy (non-hydrogen) atoms. The summed E-state index contributed by atoms with van der Waals surface area (Å²) in [5.74, 6) is -1.24. The summed E-state index contributed by atoms with van der Waals surface area (Å²) >= 11 is 0. The number of rotatable bonds is 15. The fourth-order valence-electron chi connectivity index (χ4n) is 3.84. The first kappa shape index (κ1) is 25.4. The van der Waals surface area contributed by atoms with Crippen molar-refractivity contribution < 1.29 is 29.3 Å². The molecule has 0 radical (unpaired) electrons. The molecule has 0 aromatic carbocycles. The minimum absolute atomic E-state index is 0.134. The van der Waals surface area contributed by atoms with Crippen molar-refractivity contribution in [1.82, 2.24) is 5.01 Å². The lowest BCUT2D eigenvalue weighted by Gasteiger charge is -2.41. The smallest absolute Gasteiger partial charge is 0.384 e. The molecule has 0 fully saturated rings. The summed E-state index contributed by atoms with van der Waals surface area (Å²) in [4.78, 5) is 35.7. The Morgan fingerprint density at radius 2 is 1.60 bits per heavy atom. The number of carbonyl (C=O) groups is 3. The summed E-state index contributed by atoms with van der Waals surface area (Å²) in [6.07, 6.45) is 10.6. The van der Waals surface area contributed by atoms with Gasteiger partial charge in [0.05, 0.1) is 6.61 Å². The van der Waals surface area contributed by atoms with Gasteiger partial charge in [-0.25, -0.2) is 14.4 Å². The second-order valence-corrected chi connectivity index (χ2v) is 7.55. The molecule has 9 nitrogen and oxygen atoms in total. The number of unbranched alkanes of at least 4 members (excludes halogenated alkanes) is 5. The van der Waals surface area contributed by atoms with Gasteiger partial charge in [-0.1, -0.05) is 51.2 Å². The monoisotopic (exact) mass is 423 g/mol. The molecule has 0 amide bonds. The first-order valence-corrected chi connectivity index (χ1v) is 10.6. The number of carboxylic acids is 2. The van der Waals surface area contributed by atoms with E-state index < -0.39 is 29.0 Å². The summed E-state index contributed by atoms with van der Waals surface area (Å²) in [6, 6.07) is 0. The van der Waals surface area contributed by atoms with Gasteiger partial charge in [0.15, 0.2) is 5.54 Å². The van der Waals surface area contributed by atoms with Crippen molar-refractivity contribution in [2.24, 2.45) is 10.3 Å². The quantitative estimate of drug-likeness (QED) is 0.179. The third-order valence-electron chi connectivity index (χ3n) is 5.56. The van der Waals surface area contributed by atoms with Crippen LogP contribution < -0.4 is 0 Å². The molecule has 1 aliphatic heterocycles.